The van der Waals surface area contributed by atoms with Gasteiger partial charge < -0.3 is 0 Å². The predicted octanol–water partition coefficient (Wildman–Crippen LogP) is 2.85. The summed E-state index contributed by atoms with van der Waals surface area (Å²) in [6.07, 6.45) is 4.62. The molecule has 1 aliphatic rings. The lowest BCUT2D eigenvalue weighted by Crippen LogP contribution is -2.33. The van der Waals surface area contributed by atoms with Crippen LogP contribution in [-0.4, -0.2) is 9.97 Å². The molecule has 21 heavy (non-hydrogen) atoms. The van der Waals surface area contributed by atoms with Crippen LogP contribution in [0, 0.1) is 6.92 Å². The fourth-order valence-electron chi connectivity index (χ4n) is 3.16. The number of aromatic nitrogens is 3. The lowest BCUT2D eigenvalue weighted by atomic mass is 10.00. The summed E-state index contributed by atoms with van der Waals surface area (Å²) in [5, 5.41) is 0. The first-order chi connectivity index (χ1) is 10.3. The topological polar surface area (TPSA) is 29.7 Å². The Labute approximate surface area is 124 Å². The van der Waals surface area contributed by atoms with Crippen molar-refractivity contribution in [2.75, 3.05) is 0 Å². The van der Waals surface area contributed by atoms with Gasteiger partial charge in [-0.1, -0.05) is 24.3 Å². The van der Waals surface area contributed by atoms with Crippen molar-refractivity contribution in [2.45, 2.75) is 13.3 Å². The minimum Gasteiger partial charge on any atom is -0.260 e. The van der Waals surface area contributed by atoms with Crippen molar-refractivity contribution in [1.82, 2.24) is 9.97 Å². The van der Waals surface area contributed by atoms with E-state index in [1.165, 1.54) is 27.9 Å². The highest BCUT2D eigenvalue weighted by molar-refractivity contribution is 5.78. The third-order valence-electron chi connectivity index (χ3n) is 4.17. The van der Waals surface area contributed by atoms with Crippen LogP contribution in [0.5, 0.6) is 0 Å². The maximum Gasteiger partial charge on any atom is 0.287 e. The molecule has 0 fully saturated rings. The van der Waals surface area contributed by atoms with Crippen molar-refractivity contribution < 1.29 is 4.57 Å². The second-order valence-electron chi connectivity index (χ2n) is 5.52. The zero-order valence-electron chi connectivity index (χ0n) is 12.2. The number of rotatable bonds is 1. The SMILES string of the molecule is Cc1ccccc1-c1c2c(nc[n+]1C)-c1cccnc1C2. The molecule has 1 aliphatic carbocycles. The first-order valence-electron chi connectivity index (χ1n) is 7.13. The zero-order valence-corrected chi connectivity index (χ0v) is 12.2. The maximum atomic E-state index is 4.64. The van der Waals surface area contributed by atoms with Crippen LogP contribution in [0.1, 0.15) is 16.8 Å². The molecular weight excluding hydrogens is 258 g/mol. The minimum atomic E-state index is 0.858. The number of aryl methyl sites for hydroxylation is 2. The molecule has 0 unspecified atom stereocenters. The van der Waals surface area contributed by atoms with Gasteiger partial charge in [-0.15, -0.1) is 0 Å². The van der Waals surface area contributed by atoms with Crippen molar-refractivity contribution >= 4 is 0 Å². The molecule has 0 radical (unpaired) electrons. The molecule has 0 atom stereocenters. The summed E-state index contributed by atoms with van der Waals surface area (Å²) >= 11 is 0. The molecule has 3 nitrogen and oxygen atoms in total. The summed E-state index contributed by atoms with van der Waals surface area (Å²) in [4.78, 5) is 9.15. The number of nitrogens with zero attached hydrogens (tertiary/aromatic N) is 3. The summed E-state index contributed by atoms with van der Waals surface area (Å²) in [7, 11) is 2.06. The second kappa shape index (κ2) is 4.48. The Morgan fingerprint density at radius 1 is 1.00 bits per heavy atom. The van der Waals surface area contributed by atoms with Crippen LogP contribution in [0.3, 0.4) is 0 Å². The summed E-state index contributed by atoms with van der Waals surface area (Å²) in [5.74, 6) is 0. The fraction of sp³-hybridized carbons (Fsp3) is 0.167. The van der Waals surface area contributed by atoms with E-state index in [1.54, 1.807) is 0 Å². The van der Waals surface area contributed by atoms with Crippen LogP contribution in [0.15, 0.2) is 48.9 Å². The second-order valence-corrected chi connectivity index (χ2v) is 5.52. The average Bonchev–Trinajstić information content (AvgIpc) is 2.87. The largest absolute Gasteiger partial charge is 0.287 e. The molecule has 0 amide bonds. The van der Waals surface area contributed by atoms with Crippen molar-refractivity contribution in [3.63, 3.8) is 0 Å². The fourth-order valence-corrected chi connectivity index (χ4v) is 3.16. The van der Waals surface area contributed by atoms with E-state index in [4.69, 9.17) is 0 Å². The number of hydrogen-bond acceptors (Lipinski definition) is 2. The van der Waals surface area contributed by atoms with E-state index in [0.29, 0.717) is 0 Å². The van der Waals surface area contributed by atoms with Gasteiger partial charge >= 0.3 is 0 Å². The number of fused-ring (bicyclic) bond motifs is 3. The van der Waals surface area contributed by atoms with Crippen LogP contribution in [-0.2, 0) is 13.5 Å². The molecule has 2 heterocycles. The van der Waals surface area contributed by atoms with Crippen LogP contribution in [0.4, 0.5) is 0 Å². The van der Waals surface area contributed by atoms with Gasteiger partial charge in [-0.3, -0.25) is 4.98 Å². The van der Waals surface area contributed by atoms with E-state index in [0.717, 1.165) is 17.8 Å². The third kappa shape index (κ3) is 1.77. The van der Waals surface area contributed by atoms with Gasteiger partial charge in [-0.25, -0.2) is 4.57 Å². The Morgan fingerprint density at radius 2 is 1.81 bits per heavy atom. The first-order valence-corrected chi connectivity index (χ1v) is 7.13. The Balaban J connectivity index is 2.01. The molecule has 3 aromatic rings. The van der Waals surface area contributed by atoms with Gasteiger partial charge in [0.25, 0.3) is 6.33 Å². The maximum absolute atomic E-state index is 4.64. The van der Waals surface area contributed by atoms with Crippen LogP contribution in [0.2, 0.25) is 0 Å². The van der Waals surface area contributed by atoms with Crippen molar-refractivity contribution in [1.29, 1.82) is 0 Å². The lowest BCUT2D eigenvalue weighted by molar-refractivity contribution is -0.663. The minimum absolute atomic E-state index is 0.858. The van der Waals surface area contributed by atoms with E-state index in [1.807, 2.05) is 18.6 Å². The monoisotopic (exact) mass is 274 g/mol. The van der Waals surface area contributed by atoms with Crippen LogP contribution >= 0.6 is 0 Å². The Morgan fingerprint density at radius 3 is 2.67 bits per heavy atom. The highest BCUT2D eigenvalue weighted by Gasteiger charge is 2.30. The highest BCUT2D eigenvalue weighted by Crippen LogP contribution is 2.37. The predicted molar refractivity (Wildman–Crippen MR) is 81.6 cm³/mol. The van der Waals surface area contributed by atoms with Crippen LogP contribution in [0.25, 0.3) is 22.5 Å². The standard InChI is InChI=1S/C18H16N3/c1-12-6-3-4-7-13(12)18-15-10-16-14(8-5-9-19-16)17(15)20-11-21(18)2/h3-9,11H,10H2,1-2H3/q+1. The first kappa shape index (κ1) is 12.2. The number of hydrogen-bond donors (Lipinski definition) is 0. The van der Waals surface area contributed by atoms with E-state index in [2.05, 4.69) is 58.8 Å². The average molecular weight is 274 g/mol. The summed E-state index contributed by atoms with van der Waals surface area (Å²) < 4.78 is 2.12. The van der Waals surface area contributed by atoms with Gasteiger partial charge in [-0.2, -0.15) is 0 Å². The quantitative estimate of drug-likeness (QED) is 0.500. The van der Waals surface area contributed by atoms with E-state index >= 15 is 0 Å². The molecule has 1 aromatic carbocycles. The van der Waals surface area contributed by atoms with Gasteiger partial charge in [0.05, 0.1) is 18.3 Å². The Kier molecular flexibility index (Phi) is 2.61. The Hall–Kier alpha value is -2.55. The number of pyridine rings is 1. The van der Waals surface area contributed by atoms with E-state index < -0.39 is 0 Å². The van der Waals surface area contributed by atoms with Crippen molar-refractivity contribution in [2.24, 2.45) is 7.05 Å². The smallest absolute Gasteiger partial charge is 0.260 e. The van der Waals surface area contributed by atoms with Crippen LogP contribution < -0.4 is 4.57 Å². The summed E-state index contributed by atoms with van der Waals surface area (Å²) in [6, 6.07) is 12.6. The molecule has 0 spiro atoms. The van der Waals surface area contributed by atoms with E-state index in [-0.39, 0.29) is 0 Å². The normalized spacial score (nSPS) is 12.1. The van der Waals surface area contributed by atoms with Gasteiger partial charge in [0.2, 0.25) is 0 Å². The van der Waals surface area contributed by atoms with Gasteiger partial charge in [-0.05, 0) is 29.6 Å². The van der Waals surface area contributed by atoms with Gasteiger partial charge in [0, 0.05) is 23.7 Å². The summed E-state index contributed by atoms with van der Waals surface area (Å²) in [5.41, 5.74) is 8.45. The Bertz CT molecular complexity index is 853. The molecule has 102 valence electrons. The molecule has 3 heteroatoms. The molecule has 0 saturated carbocycles. The van der Waals surface area contributed by atoms with Crippen molar-refractivity contribution in [3.05, 3.63) is 65.7 Å². The van der Waals surface area contributed by atoms with Gasteiger partial charge in [0.15, 0.2) is 5.69 Å². The molecule has 0 saturated heterocycles. The molecule has 0 N–H and O–H groups in total. The van der Waals surface area contributed by atoms with E-state index in [9.17, 15) is 0 Å². The molecule has 0 aliphatic heterocycles. The van der Waals surface area contributed by atoms with Crippen molar-refractivity contribution in [3.8, 4) is 22.5 Å². The molecular formula is C18H16N3+. The molecule has 4 rings (SSSR count). The number of benzene rings is 1. The highest BCUT2D eigenvalue weighted by atomic mass is 15.0. The summed E-state index contributed by atoms with van der Waals surface area (Å²) in [6.45, 7) is 2.16. The molecule has 2 aromatic heterocycles. The molecule has 0 bridgehead atoms. The zero-order chi connectivity index (χ0) is 14.4. The van der Waals surface area contributed by atoms with Gasteiger partial charge in [0.1, 0.15) is 5.69 Å². The third-order valence-corrected chi connectivity index (χ3v) is 4.17. The lowest BCUT2D eigenvalue weighted by Gasteiger charge is -2.09.